The fourth-order valence-electron chi connectivity index (χ4n) is 3.04. The van der Waals surface area contributed by atoms with Crippen LogP contribution in [-0.4, -0.2) is 35.4 Å². The Balaban J connectivity index is 1.82. The van der Waals surface area contributed by atoms with Crippen molar-refractivity contribution < 1.29 is 9.53 Å². The number of para-hydroxylation sites is 1. The smallest absolute Gasteiger partial charge is 0.258 e. The zero-order chi connectivity index (χ0) is 23.8. The molecule has 3 aromatic rings. The maximum atomic E-state index is 12.8. The molecule has 0 bridgehead atoms. The second-order valence-electron chi connectivity index (χ2n) is 7.27. The topological polar surface area (TPSA) is 149 Å². The minimum absolute atomic E-state index is 0.00728. The molecule has 168 valence electrons. The lowest BCUT2D eigenvalue weighted by Crippen LogP contribution is -2.16. The number of anilines is 3. The van der Waals surface area contributed by atoms with Gasteiger partial charge in [0.15, 0.2) is 0 Å². The van der Waals surface area contributed by atoms with E-state index < -0.39 is 0 Å². The molecule has 33 heavy (non-hydrogen) atoms. The highest BCUT2D eigenvalue weighted by Crippen LogP contribution is 2.24. The van der Waals surface area contributed by atoms with Gasteiger partial charge in [-0.2, -0.15) is 0 Å². The van der Waals surface area contributed by atoms with Crippen molar-refractivity contribution in [2.45, 2.75) is 20.0 Å². The predicted molar refractivity (Wildman–Crippen MR) is 132 cm³/mol. The van der Waals surface area contributed by atoms with Crippen LogP contribution in [0, 0.1) is 10.8 Å². The number of nitrogen functional groups attached to an aromatic ring is 1. The Kier molecular flexibility index (Phi) is 7.48. The van der Waals surface area contributed by atoms with Gasteiger partial charge in [-0.15, -0.1) is 0 Å². The first-order valence-electron chi connectivity index (χ1n) is 10.2. The Labute approximate surface area is 191 Å². The molecular weight excluding hydrogens is 418 g/mol. The highest BCUT2D eigenvalue weighted by molar-refractivity contribution is 6.15. The van der Waals surface area contributed by atoms with E-state index in [-0.39, 0.29) is 17.7 Å². The highest BCUT2D eigenvalue weighted by atomic mass is 16.5. The van der Waals surface area contributed by atoms with Crippen molar-refractivity contribution in [1.29, 1.82) is 10.8 Å². The molecule has 6 N–H and O–H groups in total. The molecule has 1 amide bonds. The number of amides is 1. The Morgan fingerprint density at radius 2 is 1.94 bits per heavy atom. The van der Waals surface area contributed by atoms with Crippen LogP contribution in [0.15, 0.2) is 65.8 Å². The number of rotatable bonds is 9. The monoisotopic (exact) mass is 443 g/mol. The van der Waals surface area contributed by atoms with Gasteiger partial charge in [0.2, 0.25) is 0 Å². The standard InChI is InChI=1S/C24H25N7O2/c1-15(2)33-17-7-8-20(26)19(12-17)23(27)16-9-10-29-22(11-16)31-24(32)18-5-3-4-6-21(18)30-14-28-13-25/h3-15,27H,26H2,1-2H3,(H2,25,28,30)(H,29,31,32). The lowest BCUT2D eigenvalue weighted by atomic mass is 10.0. The number of nitrogens with zero attached hydrogens (tertiary/aromatic N) is 2. The molecular formula is C24H25N7O2. The summed E-state index contributed by atoms with van der Waals surface area (Å²) in [7, 11) is 0. The fraction of sp³-hybridized carbons (Fsp3) is 0.125. The minimum atomic E-state index is -0.385. The summed E-state index contributed by atoms with van der Waals surface area (Å²) in [5.41, 5.74) is 8.71. The summed E-state index contributed by atoms with van der Waals surface area (Å²) in [6.45, 7) is 3.85. The summed E-state index contributed by atoms with van der Waals surface area (Å²) in [6.07, 6.45) is 3.72. The van der Waals surface area contributed by atoms with Crippen molar-refractivity contribution in [3.63, 3.8) is 0 Å². The lowest BCUT2D eigenvalue weighted by Gasteiger charge is -2.14. The van der Waals surface area contributed by atoms with Crippen LogP contribution in [0.25, 0.3) is 0 Å². The third-order valence-corrected chi connectivity index (χ3v) is 4.50. The average Bonchev–Trinajstić information content (AvgIpc) is 2.80. The summed E-state index contributed by atoms with van der Waals surface area (Å²) in [5, 5.41) is 21.2. The Morgan fingerprint density at radius 1 is 1.15 bits per heavy atom. The van der Waals surface area contributed by atoms with Crippen molar-refractivity contribution in [2.24, 2.45) is 4.99 Å². The molecule has 1 aromatic heterocycles. The van der Waals surface area contributed by atoms with E-state index in [4.69, 9.17) is 21.3 Å². The first-order chi connectivity index (χ1) is 15.9. The van der Waals surface area contributed by atoms with Crippen LogP contribution in [-0.2, 0) is 0 Å². The Hall–Kier alpha value is -4.53. The maximum Gasteiger partial charge on any atom is 0.258 e. The first kappa shape index (κ1) is 23.1. The number of hydrogen-bond donors (Lipinski definition) is 5. The summed E-state index contributed by atoms with van der Waals surface area (Å²) in [5.74, 6) is 0.528. The molecule has 0 fully saturated rings. The van der Waals surface area contributed by atoms with Gasteiger partial charge in [-0.3, -0.25) is 15.6 Å². The van der Waals surface area contributed by atoms with E-state index in [2.05, 4.69) is 20.6 Å². The van der Waals surface area contributed by atoms with Crippen molar-refractivity contribution in [1.82, 2.24) is 4.98 Å². The molecule has 2 aromatic carbocycles. The molecule has 0 aliphatic carbocycles. The van der Waals surface area contributed by atoms with E-state index in [1.165, 1.54) is 12.5 Å². The largest absolute Gasteiger partial charge is 0.491 e. The number of carbonyl (C=O) groups is 1. The number of hydrogen-bond acceptors (Lipinski definition) is 6. The van der Waals surface area contributed by atoms with E-state index >= 15 is 0 Å². The van der Waals surface area contributed by atoms with Crippen molar-refractivity contribution in [3.8, 4) is 5.75 Å². The van der Waals surface area contributed by atoms with Crippen molar-refractivity contribution >= 4 is 41.5 Å². The lowest BCUT2D eigenvalue weighted by molar-refractivity contribution is 0.102. The normalized spacial score (nSPS) is 10.8. The number of nitrogens with one attached hydrogen (secondary N) is 4. The van der Waals surface area contributed by atoms with Crippen LogP contribution in [0.4, 0.5) is 17.2 Å². The number of pyridine rings is 1. The molecule has 9 heteroatoms. The number of benzene rings is 2. The van der Waals surface area contributed by atoms with E-state index in [9.17, 15) is 4.79 Å². The third kappa shape index (κ3) is 6.01. The number of carbonyl (C=O) groups excluding carboxylic acids is 1. The van der Waals surface area contributed by atoms with E-state index in [0.717, 1.165) is 6.34 Å². The summed E-state index contributed by atoms with van der Waals surface area (Å²) >= 11 is 0. The maximum absolute atomic E-state index is 12.8. The van der Waals surface area contributed by atoms with Gasteiger partial charge in [-0.25, -0.2) is 9.98 Å². The van der Waals surface area contributed by atoms with Gasteiger partial charge < -0.3 is 21.1 Å². The zero-order valence-corrected chi connectivity index (χ0v) is 18.3. The van der Waals surface area contributed by atoms with Crippen molar-refractivity contribution in [3.05, 3.63) is 77.5 Å². The number of aliphatic imine (C=N–C) groups is 1. The van der Waals surface area contributed by atoms with Gasteiger partial charge in [0, 0.05) is 23.0 Å². The Bertz CT molecular complexity index is 1200. The summed E-state index contributed by atoms with van der Waals surface area (Å²) in [6, 6.07) is 15.4. The van der Waals surface area contributed by atoms with Crippen LogP contribution < -0.4 is 21.1 Å². The second kappa shape index (κ2) is 10.7. The first-order valence-corrected chi connectivity index (χ1v) is 10.2. The summed E-state index contributed by atoms with van der Waals surface area (Å²) in [4.78, 5) is 20.7. The molecule has 9 nitrogen and oxygen atoms in total. The van der Waals surface area contributed by atoms with E-state index in [1.807, 2.05) is 13.8 Å². The van der Waals surface area contributed by atoms with Crippen LogP contribution in [0.5, 0.6) is 5.75 Å². The molecule has 0 radical (unpaired) electrons. The average molecular weight is 444 g/mol. The molecule has 1 heterocycles. The third-order valence-electron chi connectivity index (χ3n) is 4.50. The van der Waals surface area contributed by atoms with E-state index in [1.54, 1.807) is 54.6 Å². The number of nitrogens with two attached hydrogens (primary N) is 1. The van der Waals surface area contributed by atoms with E-state index in [0.29, 0.717) is 39.6 Å². The molecule has 3 rings (SSSR count). The number of aromatic nitrogens is 1. The molecule has 0 unspecified atom stereocenters. The number of ether oxygens (including phenoxy) is 1. The van der Waals surface area contributed by atoms with Gasteiger partial charge in [0.05, 0.1) is 29.4 Å². The molecule has 0 atom stereocenters. The fourth-order valence-corrected chi connectivity index (χ4v) is 3.04. The van der Waals surface area contributed by atoms with Crippen LogP contribution in [0.3, 0.4) is 0 Å². The van der Waals surface area contributed by atoms with Crippen LogP contribution in [0.2, 0.25) is 0 Å². The van der Waals surface area contributed by atoms with Gasteiger partial charge in [-0.1, -0.05) is 12.1 Å². The predicted octanol–water partition coefficient (Wildman–Crippen LogP) is 4.17. The molecule has 0 saturated heterocycles. The quantitative estimate of drug-likeness (QED) is 0.191. The molecule has 0 saturated carbocycles. The minimum Gasteiger partial charge on any atom is -0.491 e. The molecule has 0 spiro atoms. The SMILES string of the molecule is CC(C)Oc1ccc(N)c(C(=N)c2ccnc(NC(=O)c3ccccc3N/C=N\C=N)c2)c1. The van der Waals surface area contributed by atoms with Gasteiger partial charge >= 0.3 is 0 Å². The van der Waals surface area contributed by atoms with Gasteiger partial charge in [-0.05, 0) is 56.3 Å². The van der Waals surface area contributed by atoms with Crippen LogP contribution in [0.1, 0.15) is 35.3 Å². The van der Waals surface area contributed by atoms with Gasteiger partial charge in [0.1, 0.15) is 17.9 Å². The summed E-state index contributed by atoms with van der Waals surface area (Å²) < 4.78 is 5.72. The van der Waals surface area contributed by atoms with Crippen LogP contribution >= 0.6 is 0 Å². The highest BCUT2D eigenvalue weighted by Gasteiger charge is 2.14. The van der Waals surface area contributed by atoms with Crippen molar-refractivity contribution in [2.75, 3.05) is 16.4 Å². The molecule has 0 aliphatic heterocycles. The zero-order valence-electron chi connectivity index (χ0n) is 18.3. The Morgan fingerprint density at radius 3 is 2.70 bits per heavy atom. The van der Waals surface area contributed by atoms with Gasteiger partial charge in [0.25, 0.3) is 5.91 Å². The molecule has 0 aliphatic rings. The second-order valence-corrected chi connectivity index (χ2v) is 7.27.